The van der Waals surface area contributed by atoms with E-state index in [1.807, 2.05) is 12.1 Å². The minimum absolute atomic E-state index is 0.235. The Labute approximate surface area is 141 Å². The number of rotatable bonds is 6. The molecule has 0 aliphatic carbocycles. The minimum atomic E-state index is 0.235. The molecule has 0 aliphatic rings. The first kappa shape index (κ1) is 16.9. The molecule has 0 amide bonds. The van der Waals surface area contributed by atoms with Crippen LogP contribution in [0.2, 0.25) is 0 Å². The Kier molecular flexibility index (Phi) is 5.91. The van der Waals surface area contributed by atoms with Crippen molar-refractivity contribution in [1.82, 2.24) is 4.57 Å². The van der Waals surface area contributed by atoms with Crippen LogP contribution in [0.1, 0.15) is 42.2 Å². The highest BCUT2D eigenvalue weighted by molar-refractivity contribution is 7.73. The topological polar surface area (TPSA) is 37.5 Å². The van der Waals surface area contributed by atoms with Crippen LogP contribution in [0.15, 0.2) is 23.2 Å². The molecule has 1 aromatic heterocycles. The fraction of sp³-hybridized carbons (Fsp3) is 0.412. The second-order valence-electron chi connectivity index (χ2n) is 5.52. The summed E-state index contributed by atoms with van der Waals surface area (Å²) in [6.45, 7) is 7.04. The van der Waals surface area contributed by atoms with E-state index >= 15 is 0 Å². The van der Waals surface area contributed by atoms with Crippen LogP contribution in [0.3, 0.4) is 0 Å². The molecule has 3 nitrogen and oxygen atoms in total. The van der Waals surface area contributed by atoms with Gasteiger partial charge in [0, 0.05) is 6.54 Å². The highest BCUT2D eigenvalue weighted by Gasteiger charge is 2.09. The van der Waals surface area contributed by atoms with Gasteiger partial charge in [-0.05, 0) is 55.7 Å². The van der Waals surface area contributed by atoms with Gasteiger partial charge >= 0.3 is 0 Å². The Hall–Kier alpha value is -1.46. The van der Waals surface area contributed by atoms with Gasteiger partial charge in [0.05, 0.1) is 11.9 Å². The second kappa shape index (κ2) is 7.70. The molecule has 0 saturated heterocycles. The third kappa shape index (κ3) is 4.27. The monoisotopic (exact) mass is 334 g/mol. The molecule has 0 spiro atoms. The molecular weight excluding hydrogens is 312 g/mol. The summed E-state index contributed by atoms with van der Waals surface area (Å²) >= 11 is 6.75. The van der Waals surface area contributed by atoms with Gasteiger partial charge in [-0.2, -0.15) is 0 Å². The molecule has 22 heavy (non-hydrogen) atoms. The van der Waals surface area contributed by atoms with E-state index in [0.29, 0.717) is 3.95 Å². The Morgan fingerprint density at radius 1 is 1.23 bits per heavy atom. The molecule has 0 radical (unpaired) electrons. The van der Waals surface area contributed by atoms with E-state index in [1.54, 1.807) is 10.8 Å². The van der Waals surface area contributed by atoms with Gasteiger partial charge in [0.1, 0.15) is 4.88 Å². The van der Waals surface area contributed by atoms with E-state index < -0.39 is 0 Å². The molecule has 1 heterocycles. The van der Waals surface area contributed by atoms with Gasteiger partial charge in [-0.15, -0.1) is 0 Å². The number of nitrogens with zero attached hydrogens (tertiary/aromatic N) is 2. The first-order valence-corrected chi connectivity index (χ1v) is 8.78. The summed E-state index contributed by atoms with van der Waals surface area (Å²) in [6.07, 6.45) is 5.03. The average molecular weight is 335 g/mol. The van der Waals surface area contributed by atoms with E-state index in [-0.39, 0.29) is 5.88 Å². The second-order valence-corrected chi connectivity index (χ2v) is 7.19. The molecular formula is C17H22N2OS2. The van der Waals surface area contributed by atoms with Crippen molar-refractivity contribution < 1.29 is 5.11 Å². The summed E-state index contributed by atoms with van der Waals surface area (Å²) in [6, 6.07) is 6.17. The fourth-order valence-electron chi connectivity index (χ4n) is 2.37. The van der Waals surface area contributed by atoms with Crippen molar-refractivity contribution in [1.29, 1.82) is 0 Å². The van der Waals surface area contributed by atoms with E-state index in [0.717, 1.165) is 36.4 Å². The predicted octanol–water partition coefficient (Wildman–Crippen LogP) is 5.54. The fourth-order valence-corrected chi connectivity index (χ4v) is 3.60. The molecule has 0 fully saturated rings. The number of aryl methyl sites for hydroxylation is 2. The maximum Gasteiger partial charge on any atom is 0.212 e. The number of unbranched alkanes of at least 4 members (excludes halogenated alkanes) is 2. The Balaban J connectivity index is 2.21. The van der Waals surface area contributed by atoms with Gasteiger partial charge in [0.25, 0.3) is 0 Å². The quantitative estimate of drug-likeness (QED) is 0.428. The maximum absolute atomic E-state index is 10.3. The van der Waals surface area contributed by atoms with E-state index in [2.05, 4.69) is 31.8 Å². The van der Waals surface area contributed by atoms with Gasteiger partial charge in [0.2, 0.25) is 5.88 Å². The normalized spacial score (nSPS) is 11.4. The molecule has 2 rings (SSSR count). The van der Waals surface area contributed by atoms with Gasteiger partial charge in [0.15, 0.2) is 3.95 Å². The van der Waals surface area contributed by atoms with Crippen LogP contribution in [0.5, 0.6) is 5.88 Å². The highest BCUT2D eigenvalue weighted by atomic mass is 32.1. The van der Waals surface area contributed by atoms with Crippen LogP contribution in [0.4, 0.5) is 5.69 Å². The van der Waals surface area contributed by atoms with Crippen LogP contribution in [-0.2, 0) is 6.54 Å². The number of hydrogen-bond acceptors (Lipinski definition) is 4. The Morgan fingerprint density at radius 2 is 1.91 bits per heavy atom. The lowest BCUT2D eigenvalue weighted by molar-refractivity contribution is 0.409. The van der Waals surface area contributed by atoms with Gasteiger partial charge in [-0.25, -0.2) is 0 Å². The summed E-state index contributed by atoms with van der Waals surface area (Å²) in [5, 5.41) is 10.3. The lowest BCUT2D eigenvalue weighted by Gasteiger charge is -2.03. The minimum Gasteiger partial charge on any atom is -0.493 e. The standard InChI is InChI=1S/C17H22N2OS2/c1-4-5-6-7-19-16(20)15(22-17(19)21)11-18-14-9-12(2)8-13(3)10-14/h8-11,20H,4-7H2,1-3H3. The molecule has 0 unspecified atom stereocenters. The van der Waals surface area contributed by atoms with Crippen molar-refractivity contribution >= 4 is 35.5 Å². The van der Waals surface area contributed by atoms with E-state index in [4.69, 9.17) is 12.2 Å². The van der Waals surface area contributed by atoms with Crippen molar-refractivity contribution in [3.63, 3.8) is 0 Å². The number of aromatic nitrogens is 1. The first-order chi connectivity index (χ1) is 10.5. The Morgan fingerprint density at radius 3 is 2.55 bits per heavy atom. The zero-order chi connectivity index (χ0) is 16.1. The molecule has 2 aromatic rings. The van der Waals surface area contributed by atoms with Crippen LogP contribution >= 0.6 is 23.6 Å². The molecule has 0 bridgehead atoms. The highest BCUT2D eigenvalue weighted by Crippen LogP contribution is 2.26. The van der Waals surface area contributed by atoms with Crippen LogP contribution in [0.25, 0.3) is 0 Å². The lowest BCUT2D eigenvalue weighted by atomic mass is 10.1. The average Bonchev–Trinajstić information content (AvgIpc) is 2.72. The first-order valence-electron chi connectivity index (χ1n) is 7.56. The smallest absolute Gasteiger partial charge is 0.212 e. The summed E-state index contributed by atoms with van der Waals surface area (Å²) < 4.78 is 2.51. The van der Waals surface area contributed by atoms with Crippen molar-refractivity contribution in [2.45, 2.75) is 46.6 Å². The van der Waals surface area contributed by atoms with E-state index in [9.17, 15) is 5.11 Å². The third-order valence-corrected chi connectivity index (χ3v) is 4.79. The van der Waals surface area contributed by atoms with Crippen molar-refractivity contribution in [3.05, 3.63) is 38.2 Å². The number of thiazole rings is 1. The molecule has 1 N–H and O–H groups in total. The lowest BCUT2D eigenvalue weighted by Crippen LogP contribution is -1.97. The van der Waals surface area contributed by atoms with Gasteiger partial charge < -0.3 is 5.11 Å². The summed E-state index contributed by atoms with van der Waals surface area (Å²) in [5.41, 5.74) is 3.26. The van der Waals surface area contributed by atoms with Gasteiger partial charge in [-0.3, -0.25) is 9.56 Å². The zero-order valence-corrected chi connectivity index (χ0v) is 14.9. The molecule has 5 heteroatoms. The number of benzene rings is 1. The molecule has 118 valence electrons. The Bertz CT molecular complexity index is 708. The van der Waals surface area contributed by atoms with Crippen LogP contribution < -0.4 is 0 Å². The van der Waals surface area contributed by atoms with E-state index in [1.165, 1.54) is 22.5 Å². The molecule has 0 atom stereocenters. The van der Waals surface area contributed by atoms with Crippen molar-refractivity contribution in [2.24, 2.45) is 4.99 Å². The molecule has 1 aromatic carbocycles. The predicted molar refractivity (Wildman–Crippen MR) is 97.5 cm³/mol. The van der Waals surface area contributed by atoms with Gasteiger partial charge in [-0.1, -0.05) is 37.2 Å². The third-order valence-electron chi connectivity index (χ3n) is 3.42. The largest absolute Gasteiger partial charge is 0.493 e. The van der Waals surface area contributed by atoms with Crippen LogP contribution in [-0.4, -0.2) is 15.9 Å². The SMILES string of the molecule is CCCCCn1c(O)c(C=Nc2cc(C)cc(C)c2)sc1=S. The number of aliphatic imine (C=N–C) groups is 1. The summed E-state index contributed by atoms with van der Waals surface area (Å²) in [5.74, 6) is 0.235. The van der Waals surface area contributed by atoms with Crippen molar-refractivity contribution in [3.8, 4) is 5.88 Å². The summed E-state index contributed by atoms with van der Waals surface area (Å²) in [7, 11) is 0. The van der Waals surface area contributed by atoms with Crippen LogP contribution in [0, 0.1) is 17.8 Å². The number of hydrogen-bond donors (Lipinski definition) is 1. The maximum atomic E-state index is 10.3. The number of aromatic hydroxyl groups is 1. The van der Waals surface area contributed by atoms with Crippen molar-refractivity contribution in [2.75, 3.05) is 0 Å². The molecule has 0 saturated carbocycles. The summed E-state index contributed by atoms with van der Waals surface area (Å²) in [4.78, 5) is 5.20. The molecule has 0 aliphatic heterocycles. The zero-order valence-electron chi connectivity index (χ0n) is 13.3.